The van der Waals surface area contributed by atoms with Gasteiger partial charge >= 0.3 is 0 Å². The molecule has 3 N–H and O–H groups in total. The third kappa shape index (κ3) is 3.27. The molecule has 0 aliphatic heterocycles. The summed E-state index contributed by atoms with van der Waals surface area (Å²) >= 11 is 1.67. The summed E-state index contributed by atoms with van der Waals surface area (Å²) in [5.74, 6) is 0. The van der Waals surface area contributed by atoms with E-state index < -0.39 is 11.1 Å². The number of aromatic nitrogens is 3. The third-order valence-electron chi connectivity index (χ3n) is 5.83. The maximum absolute atomic E-state index is 10.1. The van der Waals surface area contributed by atoms with E-state index in [1.165, 1.54) is 0 Å². The lowest BCUT2D eigenvalue weighted by molar-refractivity contribution is -0.0738. The number of thiazole rings is 1. The van der Waals surface area contributed by atoms with Crippen molar-refractivity contribution in [3.8, 4) is 32.4 Å². The molecule has 1 aliphatic rings. The second kappa shape index (κ2) is 6.87. The molecule has 2 aromatic heterocycles. The largest absolute Gasteiger partial charge is 0.390 e. The zero-order valence-electron chi connectivity index (χ0n) is 17.0. The van der Waals surface area contributed by atoms with Crippen molar-refractivity contribution in [2.24, 2.45) is 12.8 Å². The molecule has 1 saturated carbocycles. The van der Waals surface area contributed by atoms with E-state index in [0.29, 0.717) is 12.8 Å². The molecule has 0 spiro atoms. The lowest BCUT2D eigenvalue weighted by Crippen LogP contribution is -2.58. The number of aryl methyl sites for hydroxylation is 1. The van der Waals surface area contributed by atoms with Gasteiger partial charge in [-0.25, -0.2) is 4.98 Å². The number of nitrogens with zero attached hydrogens (tertiary/aromatic N) is 3. The van der Waals surface area contributed by atoms with Crippen LogP contribution in [0.1, 0.15) is 25.3 Å². The van der Waals surface area contributed by atoms with Crippen LogP contribution in [-0.2, 0) is 12.6 Å². The minimum atomic E-state index is -0.666. The molecule has 2 heterocycles. The van der Waals surface area contributed by atoms with Gasteiger partial charge in [0.15, 0.2) is 0 Å². The molecule has 0 saturated heterocycles. The fourth-order valence-corrected chi connectivity index (χ4v) is 5.61. The van der Waals surface area contributed by atoms with Crippen molar-refractivity contribution in [1.82, 2.24) is 14.8 Å². The first-order valence-corrected chi connectivity index (χ1v) is 10.8. The fraction of sp³-hybridized carbons (Fsp3) is 0.250. The molecular weight excluding hydrogens is 392 g/mol. The second-order valence-corrected chi connectivity index (χ2v) is 9.49. The monoisotopic (exact) mass is 416 g/mol. The minimum absolute atomic E-state index is 0.452. The summed E-state index contributed by atoms with van der Waals surface area (Å²) in [6, 6.07) is 20.7. The lowest BCUT2D eigenvalue weighted by atomic mass is 9.63. The Labute approximate surface area is 179 Å². The van der Waals surface area contributed by atoms with Crippen LogP contribution in [0.25, 0.3) is 32.4 Å². The molecule has 5 rings (SSSR count). The van der Waals surface area contributed by atoms with Crippen molar-refractivity contribution in [3.63, 3.8) is 0 Å². The highest BCUT2D eigenvalue weighted by molar-refractivity contribution is 7.18. The number of nitrogens with two attached hydrogens (primary N) is 1. The molecule has 6 heteroatoms. The van der Waals surface area contributed by atoms with Crippen molar-refractivity contribution in [2.75, 3.05) is 0 Å². The Bertz CT molecular complexity index is 1180. The number of aliphatic hydroxyl groups is 1. The first-order chi connectivity index (χ1) is 14.3. The van der Waals surface area contributed by atoms with E-state index in [1.54, 1.807) is 17.5 Å². The summed E-state index contributed by atoms with van der Waals surface area (Å²) in [6.45, 7) is 1.84. The average Bonchev–Trinajstić information content (AvgIpc) is 3.33. The summed E-state index contributed by atoms with van der Waals surface area (Å²) in [4.78, 5) is 6.13. The van der Waals surface area contributed by atoms with Gasteiger partial charge in [0.05, 0.1) is 21.9 Å². The highest BCUT2D eigenvalue weighted by Gasteiger charge is 2.49. The fourth-order valence-electron chi connectivity index (χ4n) is 4.47. The number of benzene rings is 2. The topological polar surface area (TPSA) is 77.0 Å². The maximum Gasteiger partial charge on any atom is 0.142 e. The zero-order chi connectivity index (χ0) is 20.9. The molecule has 30 heavy (non-hydrogen) atoms. The molecule has 5 nitrogen and oxygen atoms in total. The van der Waals surface area contributed by atoms with Gasteiger partial charge in [-0.05, 0) is 37.0 Å². The van der Waals surface area contributed by atoms with Crippen LogP contribution in [0.3, 0.4) is 0 Å². The smallest absolute Gasteiger partial charge is 0.142 e. The second-order valence-electron chi connectivity index (χ2n) is 8.49. The van der Waals surface area contributed by atoms with Crippen LogP contribution in [0.15, 0.2) is 66.9 Å². The van der Waals surface area contributed by atoms with E-state index in [0.717, 1.165) is 38.0 Å². The first-order valence-electron chi connectivity index (χ1n) is 10.0. The molecule has 2 aromatic carbocycles. The standard InChI is InChI=1S/C24H24N4OS/c1-23(29)14-24(25,15-23)18-10-8-16(9-11-18)20-21(17-6-4-3-5-7-17)30-22(27-20)19-12-13-26-28(19)2/h3-13,29H,14-15,25H2,1-2H3/t23-,24+. The van der Waals surface area contributed by atoms with Crippen molar-refractivity contribution in [1.29, 1.82) is 0 Å². The summed E-state index contributed by atoms with van der Waals surface area (Å²) in [5, 5.41) is 15.4. The van der Waals surface area contributed by atoms with Crippen LogP contribution >= 0.6 is 11.3 Å². The van der Waals surface area contributed by atoms with Crippen molar-refractivity contribution < 1.29 is 5.11 Å². The number of hydrogen-bond acceptors (Lipinski definition) is 5. The minimum Gasteiger partial charge on any atom is -0.390 e. The molecule has 0 radical (unpaired) electrons. The normalized spacial score (nSPS) is 23.3. The summed E-state index contributed by atoms with van der Waals surface area (Å²) in [7, 11) is 1.93. The Kier molecular flexibility index (Phi) is 4.39. The van der Waals surface area contributed by atoms with E-state index in [4.69, 9.17) is 10.7 Å². The third-order valence-corrected chi connectivity index (χ3v) is 6.96. The molecule has 0 bridgehead atoms. The Hall–Kier alpha value is -2.80. The van der Waals surface area contributed by atoms with E-state index in [-0.39, 0.29) is 0 Å². The van der Waals surface area contributed by atoms with Crippen molar-refractivity contribution in [3.05, 3.63) is 72.4 Å². The average molecular weight is 417 g/mol. The van der Waals surface area contributed by atoms with Gasteiger partial charge in [-0.2, -0.15) is 5.10 Å². The summed E-state index contributed by atoms with van der Waals surface area (Å²) in [6.07, 6.45) is 2.95. The van der Waals surface area contributed by atoms with E-state index >= 15 is 0 Å². The molecule has 1 fully saturated rings. The molecular formula is C24H24N4OS. The van der Waals surface area contributed by atoms with Crippen molar-refractivity contribution in [2.45, 2.75) is 30.9 Å². The summed E-state index contributed by atoms with van der Waals surface area (Å²) in [5.41, 5.74) is 10.6. The van der Waals surface area contributed by atoms with Crippen LogP contribution in [0.2, 0.25) is 0 Å². The quantitative estimate of drug-likeness (QED) is 0.511. The predicted octanol–water partition coefficient (Wildman–Crippen LogP) is 4.58. The van der Waals surface area contributed by atoms with E-state index in [2.05, 4.69) is 41.5 Å². The van der Waals surface area contributed by atoms with Gasteiger partial charge in [0, 0.05) is 24.3 Å². The highest BCUT2D eigenvalue weighted by atomic mass is 32.1. The predicted molar refractivity (Wildman–Crippen MR) is 121 cm³/mol. The Morgan fingerprint density at radius 1 is 1.00 bits per heavy atom. The Morgan fingerprint density at radius 3 is 2.30 bits per heavy atom. The van der Waals surface area contributed by atoms with Crippen LogP contribution in [0.5, 0.6) is 0 Å². The first kappa shape index (κ1) is 19.2. The van der Waals surface area contributed by atoms with E-state index in [1.807, 2.05) is 42.9 Å². The van der Waals surface area contributed by atoms with Gasteiger partial charge in [0.25, 0.3) is 0 Å². The van der Waals surface area contributed by atoms with Gasteiger partial charge in [-0.15, -0.1) is 11.3 Å². The molecule has 0 unspecified atom stereocenters. The van der Waals surface area contributed by atoms with Crippen LogP contribution in [0, 0.1) is 0 Å². The molecule has 0 amide bonds. The van der Waals surface area contributed by atoms with Crippen LogP contribution in [0.4, 0.5) is 0 Å². The van der Waals surface area contributed by atoms with Gasteiger partial charge in [-0.1, -0.05) is 54.6 Å². The lowest BCUT2D eigenvalue weighted by Gasteiger charge is -2.49. The maximum atomic E-state index is 10.1. The molecule has 4 aromatic rings. The summed E-state index contributed by atoms with van der Waals surface area (Å²) < 4.78 is 1.85. The van der Waals surface area contributed by atoms with Gasteiger partial charge < -0.3 is 10.8 Å². The van der Waals surface area contributed by atoms with Gasteiger partial charge in [-0.3, -0.25) is 4.68 Å². The molecule has 1 aliphatic carbocycles. The SMILES string of the molecule is Cn1nccc1-c1nc(-c2ccc([C@]3(N)C[C@@](C)(O)C3)cc2)c(-c2ccccc2)s1. The molecule has 0 atom stereocenters. The number of hydrogen-bond donors (Lipinski definition) is 2. The van der Waals surface area contributed by atoms with E-state index in [9.17, 15) is 5.11 Å². The van der Waals surface area contributed by atoms with Crippen LogP contribution < -0.4 is 5.73 Å². The van der Waals surface area contributed by atoms with Crippen molar-refractivity contribution >= 4 is 11.3 Å². The van der Waals surface area contributed by atoms with Crippen LogP contribution in [-0.4, -0.2) is 25.5 Å². The van der Waals surface area contributed by atoms with Gasteiger partial charge in [0.1, 0.15) is 5.01 Å². The Morgan fingerprint density at radius 2 is 1.70 bits per heavy atom. The zero-order valence-corrected chi connectivity index (χ0v) is 17.9. The Balaban J connectivity index is 1.56. The molecule has 152 valence electrons. The highest BCUT2D eigenvalue weighted by Crippen LogP contribution is 2.47. The van der Waals surface area contributed by atoms with Gasteiger partial charge in [0.2, 0.25) is 0 Å². The number of rotatable bonds is 4.